The Balaban J connectivity index is 0.00000108. The maximum atomic E-state index is 13.2. The van der Waals surface area contributed by atoms with Crippen LogP contribution in [0.3, 0.4) is 0 Å². The minimum atomic E-state index is -0.702. The van der Waals surface area contributed by atoms with Crippen molar-refractivity contribution in [3.05, 3.63) is 17.6 Å². The van der Waals surface area contributed by atoms with E-state index in [4.69, 9.17) is 0 Å². The van der Waals surface area contributed by atoms with E-state index < -0.39 is 6.17 Å². The average Bonchev–Trinajstić information content (AvgIpc) is 2.75. The van der Waals surface area contributed by atoms with Crippen molar-refractivity contribution in [2.24, 2.45) is 0 Å². The molecule has 0 amide bonds. The van der Waals surface area contributed by atoms with Gasteiger partial charge in [0.25, 0.3) is 0 Å². The molecule has 3 heterocycles. The van der Waals surface area contributed by atoms with E-state index in [0.29, 0.717) is 13.0 Å². The van der Waals surface area contributed by atoms with Crippen LogP contribution in [-0.4, -0.2) is 35.8 Å². The number of anilines is 1. The molecular weight excluding hydrogens is 243 g/mol. The number of fused-ring (bicyclic) bond motifs is 1. The van der Waals surface area contributed by atoms with Gasteiger partial charge in [0.15, 0.2) is 0 Å². The van der Waals surface area contributed by atoms with E-state index in [2.05, 4.69) is 20.2 Å². The molecule has 2 aliphatic rings. The molecule has 0 aromatic carbocycles. The predicted octanol–water partition coefficient (Wildman–Crippen LogP) is 1.09. The van der Waals surface area contributed by atoms with Crippen molar-refractivity contribution in [3.63, 3.8) is 0 Å². The van der Waals surface area contributed by atoms with Crippen LogP contribution in [0.4, 0.5) is 10.2 Å². The summed E-state index contributed by atoms with van der Waals surface area (Å²) in [7, 11) is 0. The summed E-state index contributed by atoms with van der Waals surface area (Å²) < 4.78 is 13.2. The van der Waals surface area contributed by atoms with Crippen LogP contribution in [-0.2, 0) is 13.0 Å². The van der Waals surface area contributed by atoms with E-state index in [-0.39, 0.29) is 12.4 Å². The fraction of sp³-hybridized carbons (Fsp3) is 0.636. The summed E-state index contributed by atoms with van der Waals surface area (Å²) >= 11 is 0. The molecule has 0 radical (unpaired) electrons. The standard InChI is InChI=1S/C11H15FN4.ClH/c12-8-2-4-16(6-8)11-9-1-3-13-5-10(9)14-7-15-11;/h7-8,13H,1-6H2;1H. The summed E-state index contributed by atoms with van der Waals surface area (Å²) in [5.41, 5.74) is 2.27. The molecule has 0 saturated carbocycles. The molecule has 1 saturated heterocycles. The summed E-state index contributed by atoms with van der Waals surface area (Å²) in [6, 6.07) is 0. The average molecular weight is 259 g/mol. The van der Waals surface area contributed by atoms with E-state index >= 15 is 0 Å². The third-order valence-corrected chi connectivity index (χ3v) is 3.29. The van der Waals surface area contributed by atoms with Crippen molar-refractivity contribution < 1.29 is 4.39 Å². The molecule has 17 heavy (non-hydrogen) atoms. The van der Waals surface area contributed by atoms with Crippen molar-refractivity contribution in [1.29, 1.82) is 0 Å². The van der Waals surface area contributed by atoms with Gasteiger partial charge in [0, 0.05) is 18.7 Å². The highest BCUT2D eigenvalue weighted by Gasteiger charge is 2.26. The molecule has 1 atom stereocenters. The summed E-state index contributed by atoms with van der Waals surface area (Å²) in [5, 5.41) is 3.28. The summed E-state index contributed by atoms with van der Waals surface area (Å²) in [6.45, 7) is 3.02. The first kappa shape index (κ1) is 12.5. The molecular formula is C11H16ClFN4. The van der Waals surface area contributed by atoms with Crippen LogP contribution in [0.25, 0.3) is 0 Å². The van der Waals surface area contributed by atoms with E-state index in [1.54, 1.807) is 6.33 Å². The number of alkyl halides is 1. The van der Waals surface area contributed by atoms with Crippen molar-refractivity contribution in [2.75, 3.05) is 24.5 Å². The molecule has 1 fully saturated rings. The minimum absolute atomic E-state index is 0. The summed E-state index contributed by atoms with van der Waals surface area (Å²) in [6.07, 6.45) is 2.45. The lowest BCUT2D eigenvalue weighted by atomic mass is 10.1. The van der Waals surface area contributed by atoms with Crippen LogP contribution in [0.1, 0.15) is 17.7 Å². The molecule has 2 aliphatic heterocycles. The quantitative estimate of drug-likeness (QED) is 0.819. The molecule has 1 unspecified atom stereocenters. The molecule has 0 bridgehead atoms. The summed E-state index contributed by atoms with van der Waals surface area (Å²) in [5.74, 6) is 0.951. The molecule has 1 aromatic rings. The van der Waals surface area contributed by atoms with Gasteiger partial charge in [-0.1, -0.05) is 0 Å². The fourth-order valence-corrected chi connectivity index (χ4v) is 2.45. The highest BCUT2D eigenvalue weighted by atomic mass is 35.5. The Hall–Kier alpha value is -0.940. The summed E-state index contributed by atoms with van der Waals surface area (Å²) in [4.78, 5) is 10.7. The van der Waals surface area contributed by atoms with Crippen molar-refractivity contribution in [2.45, 2.75) is 25.6 Å². The third kappa shape index (κ3) is 2.35. The Kier molecular flexibility index (Phi) is 3.79. The monoisotopic (exact) mass is 258 g/mol. The van der Waals surface area contributed by atoms with Crippen molar-refractivity contribution in [3.8, 4) is 0 Å². The molecule has 1 N–H and O–H groups in total. The third-order valence-electron chi connectivity index (χ3n) is 3.29. The van der Waals surface area contributed by atoms with E-state index in [1.165, 1.54) is 5.56 Å². The van der Waals surface area contributed by atoms with Gasteiger partial charge in [-0.3, -0.25) is 0 Å². The second kappa shape index (κ2) is 5.14. The fourth-order valence-electron chi connectivity index (χ4n) is 2.45. The minimum Gasteiger partial charge on any atom is -0.353 e. The maximum Gasteiger partial charge on any atom is 0.135 e. The molecule has 4 nitrogen and oxygen atoms in total. The number of hydrogen-bond acceptors (Lipinski definition) is 4. The molecule has 94 valence electrons. The van der Waals surface area contributed by atoms with Crippen LogP contribution in [0, 0.1) is 0 Å². The van der Waals surface area contributed by atoms with Gasteiger partial charge < -0.3 is 10.2 Å². The number of nitrogens with one attached hydrogen (secondary N) is 1. The van der Waals surface area contributed by atoms with Gasteiger partial charge >= 0.3 is 0 Å². The van der Waals surface area contributed by atoms with Gasteiger partial charge in [0.05, 0.1) is 12.2 Å². The first-order valence-electron chi connectivity index (χ1n) is 5.77. The normalized spacial score (nSPS) is 23.1. The Labute approximate surface area is 106 Å². The second-order valence-electron chi connectivity index (χ2n) is 4.38. The van der Waals surface area contributed by atoms with Gasteiger partial charge in [-0.25, -0.2) is 14.4 Å². The van der Waals surface area contributed by atoms with E-state index in [1.807, 2.05) is 0 Å². The Bertz CT molecular complexity index is 401. The van der Waals surface area contributed by atoms with E-state index in [9.17, 15) is 4.39 Å². The highest BCUT2D eigenvalue weighted by molar-refractivity contribution is 5.85. The Morgan fingerprint density at radius 3 is 3.06 bits per heavy atom. The molecule has 6 heteroatoms. The molecule has 3 rings (SSSR count). The van der Waals surface area contributed by atoms with Gasteiger partial charge in [-0.2, -0.15) is 0 Å². The van der Waals surface area contributed by atoms with Crippen LogP contribution in [0.2, 0.25) is 0 Å². The molecule has 0 spiro atoms. The molecule has 0 aliphatic carbocycles. The first-order valence-corrected chi connectivity index (χ1v) is 5.77. The topological polar surface area (TPSA) is 41.1 Å². The van der Waals surface area contributed by atoms with Gasteiger partial charge in [0.1, 0.15) is 18.3 Å². The lowest BCUT2D eigenvalue weighted by Crippen LogP contribution is -2.29. The lowest BCUT2D eigenvalue weighted by Gasteiger charge is -2.24. The number of aromatic nitrogens is 2. The van der Waals surface area contributed by atoms with E-state index in [0.717, 1.165) is 37.6 Å². The van der Waals surface area contributed by atoms with Crippen LogP contribution in [0.15, 0.2) is 6.33 Å². The second-order valence-corrected chi connectivity index (χ2v) is 4.38. The number of hydrogen-bond donors (Lipinski definition) is 1. The largest absolute Gasteiger partial charge is 0.353 e. The zero-order chi connectivity index (χ0) is 11.0. The van der Waals surface area contributed by atoms with Crippen molar-refractivity contribution >= 4 is 18.2 Å². The zero-order valence-corrected chi connectivity index (χ0v) is 10.3. The van der Waals surface area contributed by atoms with Gasteiger partial charge in [0.2, 0.25) is 0 Å². The van der Waals surface area contributed by atoms with Crippen LogP contribution < -0.4 is 10.2 Å². The number of halogens is 2. The number of rotatable bonds is 1. The van der Waals surface area contributed by atoms with Gasteiger partial charge in [-0.05, 0) is 19.4 Å². The smallest absolute Gasteiger partial charge is 0.135 e. The SMILES string of the molecule is Cl.FC1CCN(c2ncnc3c2CCNC3)C1. The first-order chi connectivity index (χ1) is 7.84. The van der Waals surface area contributed by atoms with Gasteiger partial charge in [-0.15, -0.1) is 12.4 Å². The Morgan fingerprint density at radius 1 is 1.41 bits per heavy atom. The zero-order valence-electron chi connectivity index (χ0n) is 9.53. The lowest BCUT2D eigenvalue weighted by molar-refractivity contribution is 0.364. The predicted molar refractivity (Wildman–Crippen MR) is 66.4 cm³/mol. The van der Waals surface area contributed by atoms with Crippen LogP contribution in [0.5, 0.6) is 0 Å². The Morgan fingerprint density at radius 2 is 2.29 bits per heavy atom. The molecule has 1 aromatic heterocycles. The number of nitrogens with zero attached hydrogens (tertiary/aromatic N) is 3. The van der Waals surface area contributed by atoms with Crippen molar-refractivity contribution in [1.82, 2.24) is 15.3 Å². The maximum absolute atomic E-state index is 13.2. The highest BCUT2D eigenvalue weighted by Crippen LogP contribution is 2.26. The van der Waals surface area contributed by atoms with Crippen LogP contribution >= 0.6 is 12.4 Å².